The van der Waals surface area contributed by atoms with Crippen molar-refractivity contribution in [2.75, 3.05) is 7.05 Å². The van der Waals surface area contributed by atoms with Crippen LogP contribution in [-0.4, -0.2) is 18.0 Å². The molecule has 1 heteroatoms. The average molecular weight is 165 g/mol. The molecule has 0 bridgehead atoms. The van der Waals surface area contributed by atoms with Gasteiger partial charge in [0.05, 0.1) is 0 Å². The Bertz CT molecular complexity index is 181. The molecular formula is C11H19N. The van der Waals surface area contributed by atoms with Crippen LogP contribution in [0.2, 0.25) is 0 Å². The summed E-state index contributed by atoms with van der Waals surface area (Å²) in [6.07, 6.45) is 4.30. The first kappa shape index (κ1) is 11.0. The van der Waals surface area contributed by atoms with E-state index in [9.17, 15) is 0 Å². The lowest BCUT2D eigenvalue weighted by molar-refractivity contribution is 0.272. The largest absolute Gasteiger partial charge is 0.372 e. The van der Waals surface area contributed by atoms with Crippen LogP contribution >= 0.6 is 0 Å². The van der Waals surface area contributed by atoms with Crippen molar-refractivity contribution < 1.29 is 0 Å². The molecule has 0 spiro atoms. The van der Waals surface area contributed by atoms with Gasteiger partial charge in [-0.15, -0.1) is 13.2 Å². The molecule has 12 heavy (non-hydrogen) atoms. The van der Waals surface area contributed by atoms with Gasteiger partial charge < -0.3 is 4.90 Å². The van der Waals surface area contributed by atoms with Gasteiger partial charge in [0.15, 0.2) is 0 Å². The predicted octanol–water partition coefficient (Wildman–Crippen LogP) is 2.83. The Morgan fingerprint density at radius 1 is 1.33 bits per heavy atom. The minimum atomic E-state index is 0.595. The van der Waals surface area contributed by atoms with E-state index >= 15 is 0 Å². The van der Waals surface area contributed by atoms with E-state index in [0.717, 1.165) is 5.70 Å². The molecule has 2 unspecified atom stereocenters. The van der Waals surface area contributed by atoms with Gasteiger partial charge in [-0.1, -0.05) is 19.6 Å². The predicted molar refractivity (Wildman–Crippen MR) is 55.9 cm³/mol. The molecule has 0 radical (unpaired) electrons. The highest BCUT2D eigenvalue weighted by molar-refractivity contribution is 5.19. The molecule has 2 atom stereocenters. The number of allylic oxidation sites excluding steroid dienone is 1. The van der Waals surface area contributed by atoms with Crippen LogP contribution in [0.1, 0.15) is 13.8 Å². The molecule has 1 aliphatic heterocycles. The Hall–Kier alpha value is -0.980. The molecule has 0 aromatic heterocycles. The Balaban J connectivity index is 0.000000561. The highest BCUT2D eigenvalue weighted by Gasteiger charge is 2.18. The van der Waals surface area contributed by atoms with Crippen molar-refractivity contribution in [1.29, 1.82) is 0 Å². The van der Waals surface area contributed by atoms with Crippen LogP contribution in [0, 0.1) is 5.92 Å². The van der Waals surface area contributed by atoms with E-state index in [1.807, 2.05) is 0 Å². The summed E-state index contributed by atoms with van der Waals surface area (Å²) in [5, 5.41) is 0. The van der Waals surface area contributed by atoms with Crippen LogP contribution < -0.4 is 0 Å². The van der Waals surface area contributed by atoms with Gasteiger partial charge in [-0.2, -0.15) is 0 Å². The van der Waals surface area contributed by atoms with Gasteiger partial charge in [-0.25, -0.2) is 0 Å². The van der Waals surface area contributed by atoms with Crippen LogP contribution in [0.3, 0.4) is 0 Å². The molecule has 0 aliphatic carbocycles. The maximum absolute atomic E-state index is 3.92. The molecule has 1 rings (SSSR count). The first-order valence-corrected chi connectivity index (χ1v) is 4.23. The van der Waals surface area contributed by atoms with Crippen LogP contribution in [0.15, 0.2) is 37.6 Å². The molecule has 0 N–H and O–H groups in total. The van der Waals surface area contributed by atoms with E-state index in [1.165, 1.54) is 0 Å². The standard InChI is InChI=1S/C9H15N.C2H4/c1-7-5-6-8(2)10(4)9(7)3;1-2/h5-7,9H,2H2,1,3-4H3;1-2H2. The van der Waals surface area contributed by atoms with Crippen LogP contribution in [0.25, 0.3) is 0 Å². The Morgan fingerprint density at radius 3 is 2.25 bits per heavy atom. The maximum atomic E-state index is 3.92. The van der Waals surface area contributed by atoms with Crippen molar-refractivity contribution >= 4 is 0 Å². The summed E-state index contributed by atoms with van der Waals surface area (Å²) in [6.45, 7) is 14.4. The van der Waals surface area contributed by atoms with Gasteiger partial charge in [-0.3, -0.25) is 0 Å². The van der Waals surface area contributed by atoms with Gasteiger partial charge in [0.25, 0.3) is 0 Å². The zero-order valence-electron chi connectivity index (χ0n) is 8.38. The highest BCUT2D eigenvalue weighted by atomic mass is 15.1. The first-order chi connectivity index (χ1) is 5.63. The summed E-state index contributed by atoms with van der Waals surface area (Å²) in [6, 6.07) is 0.595. The van der Waals surface area contributed by atoms with Crippen molar-refractivity contribution in [1.82, 2.24) is 4.90 Å². The van der Waals surface area contributed by atoms with Crippen LogP contribution in [0.4, 0.5) is 0 Å². The summed E-state index contributed by atoms with van der Waals surface area (Å²) < 4.78 is 0. The van der Waals surface area contributed by atoms with Gasteiger partial charge in [-0.05, 0) is 18.9 Å². The summed E-state index contributed by atoms with van der Waals surface area (Å²) in [7, 11) is 2.09. The lowest BCUT2D eigenvalue weighted by Crippen LogP contribution is -2.34. The molecule has 0 aromatic rings. The number of hydrogen-bond donors (Lipinski definition) is 0. The van der Waals surface area contributed by atoms with E-state index in [4.69, 9.17) is 0 Å². The monoisotopic (exact) mass is 165 g/mol. The maximum Gasteiger partial charge on any atom is 0.0318 e. The van der Waals surface area contributed by atoms with Gasteiger partial charge in [0.1, 0.15) is 0 Å². The Kier molecular flexibility index (Phi) is 4.42. The highest BCUT2D eigenvalue weighted by Crippen LogP contribution is 2.20. The molecule has 1 heterocycles. The third-order valence-corrected chi connectivity index (χ3v) is 2.42. The molecule has 0 saturated heterocycles. The fourth-order valence-corrected chi connectivity index (χ4v) is 1.16. The van der Waals surface area contributed by atoms with Crippen LogP contribution in [-0.2, 0) is 0 Å². The Labute approximate surface area is 76.1 Å². The van der Waals surface area contributed by atoms with Crippen molar-refractivity contribution in [3.05, 3.63) is 37.6 Å². The smallest absolute Gasteiger partial charge is 0.0318 e. The van der Waals surface area contributed by atoms with Crippen molar-refractivity contribution in [3.8, 4) is 0 Å². The second kappa shape index (κ2) is 4.81. The van der Waals surface area contributed by atoms with E-state index in [-0.39, 0.29) is 0 Å². The molecule has 0 saturated carbocycles. The zero-order chi connectivity index (χ0) is 9.72. The molecule has 0 amide bonds. The second-order valence-electron chi connectivity index (χ2n) is 3.06. The number of nitrogens with zero attached hydrogens (tertiary/aromatic N) is 1. The van der Waals surface area contributed by atoms with Gasteiger partial charge in [0.2, 0.25) is 0 Å². The van der Waals surface area contributed by atoms with E-state index < -0.39 is 0 Å². The summed E-state index contributed by atoms with van der Waals surface area (Å²) in [5.41, 5.74) is 1.12. The summed E-state index contributed by atoms with van der Waals surface area (Å²) in [5.74, 6) is 0.649. The molecule has 1 aliphatic rings. The lowest BCUT2D eigenvalue weighted by atomic mass is 9.98. The third kappa shape index (κ3) is 2.26. The quantitative estimate of drug-likeness (QED) is 0.499. The molecule has 1 nitrogen and oxygen atoms in total. The average Bonchev–Trinajstić information content (AvgIpc) is 2.12. The summed E-state index contributed by atoms with van der Waals surface area (Å²) in [4.78, 5) is 2.21. The SMILES string of the molecule is C=C.C=C1C=CC(C)C(C)N1C. The topological polar surface area (TPSA) is 3.24 Å². The number of likely N-dealkylation sites (N-methyl/N-ethyl adjacent to an activating group) is 1. The number of rotatable bonds is 0. The molecular weight excluding hydrogens is 146 g/mol. The summed E-state index contributed by atoms with van der Waals surface area (Å²) >= 11 is 0. The Morgan fingerprint density at radius 2 is 1.83 bits per heavy atom. The van der Waals surface area contributed by atoms with E-state index in [1.54, 1.807) is 0 Å². The van der Waals surface area contributed by atoms with Gasteiger partial charge >= 0.3 is 0 Å². The fourth-order valence-electron chi connectivity index (χ4n) is 1.16. The normalized spacial score (nSPS) is 27.9. The van der Waals surface area contributed by atoms with Crippen molar-refractivity contribution in [3.63, 3.8) is 0 Å². The molecule has 0 fully saturated rings. The third-order valence-electron chi connectivity index (χ3n) is 2.42. The van der Waals surface area contributed by atoms with Crippen molar-refractivity contribution in [2.24, 2.45) is 5.92 Å². The molecule has 68 valence electrons. The van der Waals surface area contributed by atoms with E-state index in [0.29, 0.717) is 12.0 Å². The zero-order valence-corrected chi connectivity index (χ0v) is 8.38. The fraction of sp³-hybridized carbons (Fsp3) is 0.455. The number of hydrogen-bond acceptors (Lipinski definition) is 1. The van der Waals surface area contributed by atoms with E-state index in [2.05, 4.69) is 57.7 Å². The minimum Gasteiger partial charge on any atom is -0.372 e. The van der Waals surface area contributed by atoms with Gasteiger partial charge in [0, 0.05) is 18.8 Å². The molecule has 0 aromatic carbocycles. The van der Waals surface area contributed by atoms with Crippen molar-refractivity contribution in [2.45, 2.75) is 19.9 Å². The second-order valence-corrected chi connectivity index (χ2v) is 3.06. The van der Waals surface area contributed by atoms with Crippen LogP contribution in [0.5, 0.6) is 0 Å². The minimum absolute atomic E-state index is 0.595. The first-order valence-electron chi connectivity index (χ1n) is 4.23. The lowest BCUT2D eigenvalue weighted by Gasteiger charge is -2.34.